The van der Waals surface area contributed by atoms with Crippen molar-refractivity contribution in [3.8, 4) is 0 Å². The molecule has 1 aromatic rings. The molecule has 1 heteroatoms. The summed E-state index contributed by atoms with van der Waals surface area (Å²) in [7, 11) is 0. The van der Waals surface area contributed by atoms with Crippen LogP contribution in [0.15, 0.2) is 24.3 Å². The van der Waals surface area contributed by atoms with Gasteiger partial charge < -0.3 is 0 Å². The van der Waals surface area contributed by atoms with Crippen molar-refractivity contribution in [3.63, 3.8) is 0 Å². The van der Waals surface area contributed by atoms with E-state index in [2.05, 4.69) is 24.3 Å². The van der Waals surface area contributed by atoms with Crippen LogP contribution in [0.25, 0.3) is 0 Å². The van der Waals surface area contributed by atoms with Crippen LogP contribution in [0.1, 0.15) is 55.6 Å². The molecule has 2 aliphatic carbocycles. The molecule has 90 valence electrons. The molecular formula is C16H20O. The molecule has 2 atom stereocenters. The predicted molar refractivity (Wildman–Crippen MR) is 69.1 cm³/mol. The number of carbonyl (C=O) groups excluding carboxylic acids is 1. The molecular weight excluding hydrogens is 208 g/mol. The lowest BCUT2D eigenvalue weighted by Crippen LogP contribution is -2.16. The van der Waals surface area contributed by atoms with E-state index in [9.17, 15) is 4.79 Å². The maximum Gasteiger partial charge on any atom is 0.135 e. The third-order valence-electron chi connectivity index (χ3n) is 4.49. The van der Waals surface area contributed by atoms with Crippen LogP contribution in [0.4, 0.5) is 0 Å². The van der Waals surface area contributed by atoms with Crippen LogP contribution in [-0.4, -0.2) is 5.78 Å². The minimum Gasteiger partial charge on any atom is -0.299 e. The van der Waals surface area contributed by atoms with Crippen molar-refractivity contribution < 1.29 is 4.79 Å². The van der Waals surface area contributed by atoms with Crippen molar-refractivity contribution in [1.29, 1.82) is 0 Å². The maximum absolute atomic E-state index is 11.8. The van der Waals surface area contributed by atoms with Crippen molar-refractivity contribution in [2.24, 2.45) is 5.92 Å². The third kappa shape index (κ3) is 2.15. The first-order valence-electron chi connectivity index (χ1n) is 6.95. The fraction of sp³-hybridized carbons (Fsp3) is 0.562. The van der Waals surface area contributed by atoms with Crippen molar-refractivity contribution >= 4 is 5.78 Å². The van der Waals surface area contributed by atoms with Gasteiger partial charge in [0.1, 0.15) is 5.78 Å². The van der Waals surface area contributed by atoms with E-state index in [1.54, 1.807) is 0 Å². The van der Waals surface area contributed by atoms with E-state index in [0.29, 0.717) is 17.6 Å². The van der Waals surface area contributed by atoms with Crippen LogP contribution in [-0.2, 0) is 11.2 Å². The van der Waals surface area contributed by atoms with Gasteiger partial charge in [-0.1, -0.05) is 24.3 Å². The average Bonchev–Trinajstić information content (AvgIpc) is 2.76. The van der Waals surface area contributed by atoms with E-state index in [0.717, 1.165) is 25.7 Å². The van der Waals surface area contributed by atoms with E-state index in [1.807, 2.05) is 0 Å². The van der Waals surface area contributed by atoms with Crippen LogP contribution >= 0.6 is 0 Å². The first-order chi connectivity index (χ1) is 8.34. The van der Waals surface area contributed by atoms with Gasteiger partial charge in [0.2, 0.25) is 0 Å². The number of rotatable bonds is 2. The Morgan fingerprint density at radius 3 is 2.59 bits per heavy atom. The Morgan fingerprint density at radius 2 is 1.76 bits per heavy atom. The molecule has 0 N–H and O–H groups in total. The van der Waals surface area contributed by atoms with Crippen LogP contribution in [0.3, 0.4) is 0 Å². The number of ketones is 1. The van der Waals surface area contributed by atoms with E-state index in [1.165, 1.54) is 30.4 Å². The van der Waals surface area contributed by atoms with Gasteiger partial charge in [-0.15, -0.1) is 0 Å². The highest BCUT2D eigenvalue weighted by Gasteiger charge is 2.29. The fourth-order valence-electron chi connectivity index (χ4n) is 3.58. The van der Waals surface area contributed by atoms with Gasteiger partial charge in [0.15, 0.2) is 0 Å². The number of benzene rings is 1. The molecule has 0 spiro atoms. The van der Waals surface area contributed by atoms with Gasteiger partial charge >= 0.3 is 0 Å². The van der Waals surface area contributed by atoms with E-state index in [4.69, 9.17) is 0 Å². The van der Waals surface area contributed by atoms with Crippen molar-refractivity contribution in [2.45, 2.75) is 50.9 Å². The topological polar surface area (TPSA) is 17.1 Å². The summed E-state index contributed by atoms with van der Waals surface area (Å²) < 4.78 is 0. The smallest absolute Gasteiger partial charge is 0.135 e. The quantitative estimate of drug-likeness (QED) is 0.751. The van der Waals surface area contributed by atoms with Gasteiger partial charge in [0, 0.05) is 12.3 Å². The Balaban J connectivity index is 1.78. The zero-order chi connectivity index (χ0) is 11.7. The van der Waals surface area contributed by atoms with Crippen LogP contribution in [0.2, 0.25) is 0 Å². The van der Waals surface area contributed by atoms with Gasteiger partial charge in [-0.3, -0.25) is 4.79 Å². The fourth-order valence-corrected chi connectivity index (χ4v) is 3.58. The summed E-state index contributed by atoms with van der Waals surface area (Å²) in [5, 5.41) is 0. The van der Waals surface area contributed by atoms with Crippen molar-refractivity contribution in [1.82, 2.24) is 0 Å². The number of Topliss-reactive ketones (excluding diaryl/α,β-unsaturated/α-hetero) is 1. The normalized spacial score (nSPS) is 28.1. The third-order valence-corrected chi connectivity index (χ3v) is 4.49. The van der Waals surface area contributed by atoms with E-state index in [-0.39, 0.29) is 0 Å². The molecule has 2 aliphatic rings. The lowest BCUT2D eigenvalue weighted by atomic mass is 9.78. The Bertz CT molecular complexity index is 421. The van der Waals surface area contributed by atoms with Crippen LogP contribution < -0.4 is 0 Å². The molecule has 2 unspecified atom stereocenters. The largest absolute Gasteiger partial charge is 0.299 e. The molecule has 0 bridgehead atoms. The summed E-state index contributed by atoms with van der Waals surface area (Å²) in [6.45, 7) is 0. The molecule has 3 rings (SSSR count). The number of aryl methyl sites for hydroxylation is 1. The van der Waals surface area contributed by atoms with Crippen molar-refractivity contribution in [3.05, 3.63) is 35.4 Å². The molecule has 1 nitrogen and oxygen atoms in total. The van der Waals surface area contributed by atoms with E-state index >= 15 is 0 Å². The lowest BCUT2D eigenvalue weighted by Gasteiger charge is -2.27. The zero-order valence-electron chi connectivity index (χ0n) is 10.3. The van der Waals surface area contributed by atoms with Crippen LogP contribution in [0.5, 0.6) is 0 Å². The van der Waals surface area contributed by atoms with Gasteiger partial charge in [0.25, 0.3) is 0 Å². The molecule has 0 heterocycles. The Hall–Kier alpha value is -1.11. The maximum atomic E-state index is 11.8. The molecule has 0 aliphatic heterocycles. The SMILES string of the molecule is O=C1CCCC1CC1CCCc2ccccc21. The lowest BCUT2D eigenvalue weighted by molar-refractivity contribution is -0.120. The second kappa shape index (κ2) is 4.64. The second-order valence-electron chi connectivity index (χ2n) is 5.58. The Labute approximate surface area is 103 Å². The first-order valence-corrected chi connectivity index (χ1v) is 6.95. The summed E-state index contributed by atoms with van der Waals surface area (Å²) in [6, 6.07) is 8.83. The van der Waals surface area contributed by atoms with Crippen LogP contribution in [0, 0.1) is 5.92 Å². The highest BCUT2D eigenvalue weighted by molar-refractivity contribution is 5.82. The Morgan fingerprint density at radius 1 is 1.00 bits per heavy atom. The average molecular weight is 228 g/mol. The van der Waals surface area contributed by atoms with Gasteiger partial charge in [-0.25, -0.2) is 0 Å². The number of hydrogen-bond acceptors (Lipinski definition) is 1. The number of hydrogen-bond donors (Lipinski definition) is 0. The second-order valence-corrected chi connectivity index (χ2v) is 5.58. The summed E-state index contributed by atoms with van der Waals surface area (Å²) in [4.78, 5) is 11.8. The summed E-state index contributed by atoms with van der Waals surface area (Å²) in [5.41, 5.74) is 3.05. The molecule has 1 aromatic carbocycles. The Kier molecular flexibility index (Phi) is 3.00. The highest BCUT2D eigenvalue weighted by atomic mass is 16.1. The molecule has 0 saturated heterocycles. The number of carbonyl (C=O) groups is 1. The molecule has 0 radical (unpaired) electrons. The number of fused-ring (bicyclic) bond motifs is 1. The molecule has 0 aromatic heterocycles. The first kappa shape index (κ1) is 11.0. The molecule has 1 fully saturated rings. The minimum absolute atomic E-state index is 0.367. The van der Waals surface area contributed by atoms with E-state index < -0.39 is 0 Å². The highest BCUT2D eigenvalue weighted by Crippen LogP contribution is 2.38. The monoisotopic (exact) mass is 228 g/mol. The van der Waals surface area contributed by atoms with Gasteiger partial charge in [-0.2, -0.15) is 0 Å². The summed E-state index contributed by atoms with van der Waals surface area (Å²) in [6.07, 6.45) is 8.00. The molecule has 1 saturated carbocycles. The standard InChI is InChI=1S/C16H20O/c17-16-10-4-8-14(16)11-13-7-3-6-12-5-1-2-9-15(12)13/h1-2,5,9,13-14H,3-4,6-8,10-11H2. The molecule has 0 amide bonds. The summed E-state index contributed by atoms with van der Waals surface area (Å²) >= 11 is 0. The van der Waals surface area contributed by atoms with Gasteiger partial charge in [-0.05, 0) is 55.6 Å². The van der Waals surface area contributed by atoms with Crippen molar-refractivity contribution in [2.75, 3.05) is 0 Å². The predicted octanol–water partition coefficient (Wildman–Crippen LogP) is 3.87. The zero-order valence-corrected chi connectivity index (χ0v) is 10.3. The van der Waals surface area contributed by atoms with Gasteiger partial charge in [0.05, 0.1) is 0 Å². The summed E-state index contributed by atoms with van der Waals surface area (Å²) in [5.74, 6) is 1.53. The molecule has 17 heavy (non-hydrogen) atoms. The minimum atomic E-state index is 0.367.